The number of hydrogen-bond donors (Lipinski definition) is 1. The van der Waals surface area contributed by atoms with E-state index in [1.165, 1.54) is 36.4 Å². The Bertz CT molecular complexity index is 1280. The molecule has 0 atom stereocenters. The van der Waals surface area contributed by atoms with E-state index >= 15 is 0 Å². The first-order chi connectivity index (χ1) is 14.7. The van der Waals surface area contributed by atoms with Crippen molar-refractivity contribution in [2.24, 2.45) is 0 Å². The van der Waals surface area contributed by atoms with Gasteiger partial charge < -0.3 is 4.42 Å². The Morgan fingerprint density at radius 2 is 1.71 bits per heavy atom. The number of carbonyl (C=O) groups excluding carboxylic acids is 3. The molecule has 1 aliphatic heterocycles. The Labute approximate surface area is 176 Å². The third-order valence-electron chi connectivity index (χ3n) is 4.59. The van der Waals surface area contributed by atoms with Gasteiger partial charge in [0.15, 0.2) is 9.84 Å². The second kappa shape index (κ2) is 7.76. The summed E-state index contributed by atoms with van der Waals surface area (Å²) in [6.45, 7) is 0. The molecule has 1 aliphatic rings. The van der Waals surface area contributed by atoms with Crippen LogP contribution in [-0.2, 0) is 19.4 Å². The van der Waals surface area contributed by atoms with Crippen LogP contribution in [0.25, 0.3) is 11.5 Å². The minimum Gasteiger partial charge on any atom is -0.403 e. The Balaban J connectivity index is 1.48. The summed E-state index contributed by atoms with van der Waals surface area (Å²) in [5.74, 6) is -1.05. The number of sulfone groups is 1. The van der Waals surface area contributed by atoms with Gasteiger partial charge in [0, 0.05) is 30.2 Å². The van der Waals surface area contributed by atoms with Crippen molar-refractivity contribution in [1.82, 2.24) is 10.2 Å². The molecule has 1 fully saturated rings. The van der Waals surface area contributed by atoms with Crippen molar-refractivity contribution in [2.45, 2.75) is 17.7 Å². The molecular formula is C20H16N4O6S. The van der Waals surface area contributed by atoms with E-state index in [0.29, 0.717) is 11.3 Å². The Morgan fingerprint density at radius 1 is 1.03 bits per heavy atom. The molecule has 1 aromatic heterocycles. The normalized spacial score (nSPS) is 14.2. The van der Waals surface area contributed by atoms with E-state index in [9.17, 15) is 22.8 Å². The molecule has 2 aromatic carbocycles. The highest BCUT2D eigenvalue weighted by Gasteiger charge is 2.30. The van der Waals surface area contributed by atoms with E-state index in [1.807, 2.05) is 0 Å². The Kier molecular flexibility index (Phi) is 5.11. The van der Waals surface area contributed by atoms with Gasteiger partial charge in [0.1, 0.15) is 0 Å². The molecule has 0 bridgehead atoms. The monoisotopic (exact) mass is 440 g/mol. The maximum Gasteiger partial charge on any atom is 0.322 e. The number of aromatic nitrogens is 2. The number of nitrogens with one attached hydrogen (secondary N) is 1. The first-order valence-corrected chi connectivity index (χ1v) is 11.0. The lowest BCUT2D eigenvalue weighted by Gasteiger charge is -2.13. The molecule has 0 unspecified atom stereocenters. The lowest BCUT2D eigenvalue weighted by atomic mass is 10.2. The van der Waals surface area contributed by atoms with Gasteiger partial charge in [0.25, 0.3) is 5.91 Å². The minimum atomic E-state index is -3.40. The van der Waals surface area contributed by atoms with Gasteiger partial charge in [-0.3, -0.25) is 24.6 Å². The Hall–Kier alpha value is -3.86. The zero-order valence-electron chi connectivity index (χ0n) is 16.2. The van der Waals surface area contributed by atoms with Crippen LogP contribution in [0.4, 0.5) is 11.7 Å². The van der Waals surface area contributed by atoms with Gasteiger partial charge in [-0.1, -0.05) is 11.2 Å². The molecule has 11 heteroatoms. The summed E-state index contributed by atoms with van der Waals surface area (Å²) in [6, 6.07) is 11.8. The van der Waals surface area contributed by atoms with Crippen molar-refractivity contribution in [2.75, 3.05) is 16.5 Å². The third kappa shape index (κ3) is 4.21. The molecule has 1 N–H and O–H groups in total. The number of carbonyl (C=O) groups is 3. The fourth-order valence-corrected chi connectivity index (χ4v) is 3.71. The van der Waals surface area contributed by atoms with Gasteiger partial charge >= 0.3 is 6.01 Å². The number of hydrogen-bond acceptors (Lipinski definition) is 8. The summed E-state index contributed by atoms with van der Waals surface area (Å²) in [4.78, 5) is 37.2. The summed E-state index contributed by atoms with van der Waals surface area (Å²) < 4.78 is 28.8. The van der Waals surface area contributed by atoms with E-state index in [-0.39, 0.29) is 47.0 Å². The molecule has 0 spiro atoms. The van der Waals surface area contributed by atoms with Gasteiger partial charge in [0.2, 0.25) is 17.7 Å². The smallest absolute Gasteiger partial charge is 0.322 e. The van der Waals surface area contributed by atoms with E-state index in [2.05, 4.69) is 15.5 Å². The van der Waals surface area contributed by atoms with E-state index < -0.39 is 15.7 Å². The summed E-state index contributed by atoms with van der Waals surface area (Å²) in [7, 11) is -3.40. The van der Waals surface area contributed by atoms with Gasteiger partial charge in [0.05, 0.1) is 10.6 Å². The van der Waals surface area contributed by atoms with Crippen LogP contribution in [0.5, 0.6) is 0 Å². The highest BCUT2D eigenvalue weighted by Crippen LogP contribution is 2.24. The van der Waals surface area contributed by atoms with Crippen molar-refractivity contribution >= 4 is 39.3 Å². The van der Waals surface area contributed by atoms with E-state index in [1.54, 1.807) is 12.1 Å². The van der Waals surface area contributed by atoms with Crippen LogP contribution >= 0.6 is 0 Å². The number of imide groups is 1. The van der Waals surface area contributed by atoms with Crippen molar-refractivity contribution in [3.63, 3.8) is 0 Å². The molecule has 0 saturated carbocycles. The zero-order valence-corrected chi connectivity index (χ0v) is 17.0. The maximum atomic E-state index is 12.4. The molecule has 10 nitrogen and oxygen atoms in total. The maximum absolute atomic E-state index is 12.4. The molecule has 4 rings (SSSR count). The predicted octanol–water partition coefficient (Wildman–Crippen LogP) is 2.05. The lowest BCUT2D eigenvalue weighted by molar-refractivity contribution is -0.121. The van der Waals surface area contributed by atoms with Gasteiger partial charge in [-0.05, 0) is 42.5 Å². The molecular weight excluding hydrogens is 424 g/mol. The molecule has 3 aromatic rings. The molecule has 3 amide bonds. The fraction of sp³-hybridized carbons (Fsp3) is 0.150. The fourth-order valence-electron chi connectivity index (χ4n) is 3.05. The summed E-state index contributed by atoms with van der Waals surface area (Å²) >= 11 is 0. The second-order valence-corrected chi connectivity index (χ2v) is 8.85. The number of amides is 3. The van der Waals surface area contributed by atoms with Crippen LogP contribution in [0, 0.1) is 0 Å². The van der Waals surface area contributed by atoms with Crippen molar-refractivity contribution in [3.05, 3.63) is 54.1 Å². The van der Waals surface area contributed by atoms with Crippen LogP contribution in [0.15, 0.2) is 57.8 Å². The van der Waals surface area contributed by atoms with Crippen LogP contribution in [0.3, 0.4) is 0 Å². The molecule has 31 heavy (non-hydrogen) atoms. The number of rotatable bonds is 5. The largest absolute Gasteiger partial charge is 0.403 e. The van der Waals surface area contributed by atoms with Crippen LogP contribution in [0.2, 0.25) is 0 Å². The van der Waals surface area contributed by atoms with Crippen LogP contribution in [-0.4, -0.2) is 42.6 Å². The van der Waals surface area contributed by atoms with Crippen LogP contribution < -0.4 is 10.2 Å². The number of benzene rings is 2. The Morgan fingerprint density at radius 3 is 2.35 bits per heavy atom. The summed E-state index contributed by atoms with van der Waals surface area (Å²) in [5.41, 5.74) is 1.04. The van der Waals surface area contributed by atoms with Crippen LogP contribution in [0.1, 0.15) is 23.2 Å². The standard InChI is InChI=1S/C20H16N4O6S/c1-31(28,29)15-4-2-3-13(11-15)19-22-23-20(30-19)21-18(27)12-5-7-14(8-6-12)24-16(25)9-10-17(24)26/h2-8,11H,9-10H2,1H3,(H,21,23,27). The quantitative estimate of drug-likeness (QED) is 0.595. The van der Waals surface area contributed by atoms with E-state index in [0.717, 1.165) is 11.2 Å². The number of nitrogens with zero attached hydrogens (tertiary/aromatic N) is 3. The highest BCUT2D eigenvalue weighted by molar-refractivity contribution is 7.90. The summed E-state index contributed by atoms with van der Waals surface area (Å²) in [5, 5.41) is 10.0. The summed E-state index contributed by atoms with van der Waals surface area (Å²) in [6.07, 6.45) is 1.44. The average Bonchev–Trinajstić information content (AvgIpc) is 3.34. The van der Waals surface area contributed by atoms with Crippen molar-refractivity contribution in [3.8, 4) is 11.5 Å². The predicted molar refractivity (Wildman–Crippen MR) is 109 cm³/mol. The molecule has 2 heterocycles. The van der Waals surface area contributed by atoms with Crippen molar-refractivity contribution < 1.29 is 27.2 Å². The second-order valence-electron chi connectivity index (χ2n) is 6.84. The lowest BCUT2D eigenvalue weighted by Crippen LogP contribution is -2.28. The molecule has 0 radical (unpaired) electrons. The zero-order chi connectivity index (χ0) is 22.2. The first kappa shape index (κ1) is 20.4. The topological polar surface area (TPSA) is 140 Å². The molecule has 1 saturated heterocycles. The van der Waals surface area contributed by atoms with Gasteiger partial charge in [-0.15, -0.1) is 5.10 Å². The average molecular weight is 440 g/mol. The van der Waals surface area contributed by atoms with Crippen molar-refractivity contribution in [1.29, 1.82) is 0 Å². The first-order valence-electron chi connectivity index (χ1n) is 9.13. The van der Waals surface area contributed by atoms with E-state index in [4.69, 9.17) is 4.42 Å². The molecule has 158 valence electrons. The minimum absolute atomic E-state index is 0.0437. The SMILES string of the molecule is CS(=O)(=O)c1cccc(-c2nnc(NC(=O)c3ccc(N4C(=O)CCC4=O)cc3)o2)c1. The number of anilines is 2. The third-order valence-corrected chi connectivity index (χ3v) is 5.70. The van der Waals surface area contributed by atoms with Gasteiger partial charge in [-0.25, -0.2) is 8.42 Å². The molecule has 0 aliphatic carbocycles. The van der Waals surface area contributed by atoms with Gasteiger partial charge in [-0.2, -0.15) is 0 Å². The highest BCUT2D eigenvalue weighted by atomic mass is 32.2.